The average Bonchev–Trinajstić information content (AvgIpc) is 3.26. The zero-order valence-corrected chi connectivity index (χ0v) is 17.2. The standard InChI is InChI=1S/C23H19N3O3S/c1-14-12-17(29-2)6-8-18(14)26-23(28)21-10-9-20(30-21)22(27)25-16-5-7-19-15(13-16)4-3-11-24-19/h3-13H,1-2H3,(H,25,27)(H,26,28). The average molecular weight is 417 g/mol. The number of pyridine rings is 1. The van der Waals surface area contributed by atoms with Gasteiger partial charge in [-0.05, 0) is 67.1 Å². The summed E-state index contributed by atoms with van der Waals surface area (Å²) < 4.78 is 5.18. The lowest BCUT2D eigenvalue weighted by Crippen LogP contribution is -2.11. The van der Waals surface area contributed by atoms with Crippen molar-refractivity contribution in [3.05, 3.63) is 82.2 Å². The van der Waals surface area contributed by atoms with Crippen LogP contribution in [-0.2, 0) is 0 Å². The van der Waals surface area contributed by atoms with Gasteiger partial charge in [0.25, 0.3) is 11.8 Å². The first-order valence-corrected chi connectivity index (χ1v) is 10.1. The van der Waals surface area contributed by atoms with Crippen molar-refractivity contribution in [2.75, 3.05) is 17.7 Å². The maximum atomic E-state index is 12.6. The molecule has 0 saturated heterocycles. The van der Waals surface area contributed by atoms with E-state index in [9.17, 15) is 9.59 Å². The number of fused-ring (bicyclic) bond motifs is 1. The van der Waals surface area contributed by atoms with Crippen LogP contribution in [0.15, 0.2) is 66.9 Å². The summed E-state index contributed by atoms with van der Waals surface area (Å²) in [4.78, 5) is 30.4. The number of amides is 2. The number of methoxy groups -OCH3 is 1. The number of rotatable bonds is 5. The molecular weight excluding hydrogens is 398 g/mol. The Morgan fingerprint density at radius 2 is 1.70 bits per heavy atom. The molecule has 0 fully saturated rings. The van der Waals surface area contributed by atoms with Crippen LogP contribution in [0.1, 0.15) is 24.9 Å². The van der Waals surface area contributed by atoms with E-state index >= 15 is 0 Å². The van der Waals surface area contributed by atoms with Gasteiger partial charge in [-0.15, -0.1) is 11.3 Å². The molecule has 0 spiro atoms. The lowest BCUT2D eigenvalue weighted by molar-refractivity contribution is 0.102. The van der Waals surface area contributed by atoms with Crippen LogP contribution in [-0.4, -0.2) is 23.9 Å². The number of hydrogen-bond donors (Lipinski definition) is 2. The van der Waals surface area contributed by atoms with E-state index in [0.29, 0.717) is 21.1 Å². The SMILES string of the molecule is COc1ccc(NC(=O)c2ccc(C(=O)Nc3ccc4ncccc4c3)s2)c(C)c1. The van der Waals surface area contributed by atoms with Crippen LogP contribution in [0.25, 0.3) is 10.9 Å². The van der Waals surface area contributed by atoms with E-state index in [0.717, 1.165) is 33.6 Å². The summed E-state index contributed by atoms with van der Waals surface area (Å²) in [6.07, 6.45) is 1.73. The fourth-order valence-corrected chi connectivity index (χ4v) is 3.81. The number of nitrogens with one attached hydrogen (secondary N) is 2. The Bertz CT molecular complexity index is 1250. The van der Waals surface area contributed by atoms with Crippen molar-refractivity contribution < 1.29 is 14.3 Å². The number of anilines is 2. The third-order valence-corrected chi connectivity index (χ3v) is 5.68. The summed E-state index contributed by atoms with van der Waals surface area (Å²) in [7, 11) is 1.60. The molecule has 4 rings (SSSR count). The van der Waals surface area contributed by atoms with Crippen molar-refractivity contribution >= 4 is 45.4 Å². The van der Waals surface area contributed by atoms with Crippen LogP contribution in [0.3, 0.4) is 0 Å². The van der Waals surface area contributed by atoms with Crippen LogP contribution in [0, 0.1) is 6.92 Å². The highest BCUT2D eigenvalue weighted by Gasteiger charge is 2.15. The van der Waals surface area contributed by atoms with E-state index in [-0.39, 0.29) is 11.8 Å². The quantitative estimate of drug-likeness (QED) is 0.472. The van der Waals surface area contributed by atoms with Crippen LogP contribution in [0.5, 0.6) is 5.75 Å². The van der Waals surface area contributed by atoms with E-state index in [1.165, 1.54) is 0 Å². The Hall–Kier alpha value is -3.71. The van der Waals surface area contributed by atoms with Gasteiger partial charge in [0.15, 0.2) is 0 Å². The third kappa shape index (κ3) is 4.16. The highest BCUT2D eigenvalue weighted by Crippen LogP contribution is 2.24. The lowest BCUT2D eigenvalue weighted by atomic mass is 10.2. The first-order chi connectivity index (χ1) is 14.5. The maximum Gasteiger partial charge on any atom is 0.265 e. The topological polar surface area (TPSA) is 80.3 Å². The Morgan fingerprint density at radius 1 is 0.933 bits per heavy atom. The molecule has 0 aliphatic carbocycles. The molecule has 2 N–H and O–H groups in total. The Labute approximate surface area is 177 Å². The molecule has 0 atom stereocenters. The number of carbonyl (C=O) groups excluding carboxylic acids is 2. The normalized spacial score (nSPS) is 10.6. The summed E-state index contributed by atoms with van der Waals surface area (Å²) in [6, 6.07) is 18.1. The van der Waals surface area contributed by atoms with Crippen molar-refractivity contribution in [1.82, 2.24) is 4.98 Å². The molecule has 0 aliphatic heterocycles. The highest BCUT2D eigenvalue weighted by atomic mass is 32.1. The summed E-state index contributed by atoms with van der Waals surface area (Å²) in [6.45, 7) is 1.89. The number of aryl methyl sites for hydroxylation is 1. The molecule has 4 aromatic rings. The van der Waals surface area contributed by atoms with E-state index in [4.69, 9.17) is 4.74 Å². The van der Waals surface area contributed by atoms with Gasteiger partial charge < -0.3 is 15.4 Å². The molecule has 0 radical (unpaired) electrons. The number of hydrogen-bond acceptors (Lipinski definition) is 5. The van der Waals surface area contributed by atoms with E-state index in [2.05, 4.69) is 15.6 Å². The molecule has 2 aromatic carbocycles. The summed E-state index contributed by atoms with van der Waals surface area (Å²) >= 11 is 1.14. The molecule has 0 saturated carbocycles. The number of aromatic nitrogens is 1. The summed E-state index contributed by atoms with van der Waals surface area (Å²) in [5, 5.41) is 6.69. The van der Waals surface area contributed by atoms with Crippen molar-refractivity contribution in [1.29, 1.82) is 0 Å². The Kier molecular flexibility index (Phi) is 5.45. The molecule has 0 bridgehead atoms. The van der Waals surface area contributed by atoms with E-state index in [1.54, 1.807) is 43.6 Å². The molecule has 6 nitrogen and oxygen atoms in total. The number of carbonyl (C=O) groups is 2. The minimum Gasteiger partial charge on any atom is -0.497 e. The zero-order chi connectivity index (χ0) is 21.1. The number of ether oxygens (including phenoxy) is 1. The fraction of sp³-hybridized carbons (Fsp3) is 0.0870. The molecule has 150 valence electrons. The Balaban J connectivity index is 1.46. The molecule has 7 heteroatoms. The molecular formula is C23H19N3O3S. The van der Waals surface area contributed by atoms with Gasteiger partial charge in [-0.3, -0.25) is 14.6 Å². The van der Waals surface area contributed by atoms with Gasteiger partial charge in [-0.2, -0.15) is 0 Å². The zero-order valence-electron chi connectivity index (χ0n) is 16.4. The molecule has 2 aromatic heterocycles. The van der Waals surface area contributed by atoms with Crippen LogP contribution < -0.4 is 15.4 Å². The van der Waals surface area contributed by atoms with Gasteiger partial charge >= 0.3 is 0 Å². The molecule has 2 amide bonds. The van der Waals surface area contributed by atoms with Crippen LogP contribution in [0.4, 0.5) is 11.4 Å². The van der Waals surface area contributed by atoms with Crippen LogP contribution >= 0.6 is 11.3 Å². The Morgan fingerprint density at radius 3 is 2.43 bits per heavy atom. The van der Waals surface area contributed by atoms with Crippen molar-refractivity contribution in [2.45, 2.75) is 6.92 Å². The largest absolute Gasteiger partial charge is 0.497 e. The van der Waals surface area contributed by atoms with Gasteiger partial charge in [-0.1, -0.05) is 6.07 Å². The van der Waals surface area contributed by atoms with Gasteiger partial charge in [0.05, 0.1) is 22.4 Å². The van der Waals surface area contributed by atoms with Gasteiger partial charge in [-0.25, -0.2) is 0 Å². The van der Waals surface area contributed by atoms with Gasteiger partial charge in [0, 0.05) is 23.0 Å². The summed E-state index contributed by atoms with van der Waals surface area (Å²) in [5.74, 6) is 0.206. The predicted octanol–water partition coefficient (Wildman–Crippen LogP) is 5.12. The van der Waals surface area contributed by atoms with Gasteiger partial charge in [0.1, 0.15) is 5.75 Å². The second kappa shape index (κ2) is 8.34. The first-order valence-electron chi connectivity index (χ1n) is 9.25. The molecule has 30 heavy (non-hydrogen) atoms. The minimum absolute atomic E-state index is 0.260. The number of thiophene rings is 1. The smallest absolute Gasteiger partial charge is 0.265 e. The monoisotopic (exact) mass is 417 g/mol. The van der Waals surface area contributed by atoms with Crippen molar-refractivity contribution in [3.8, 4) is 5.75 Å². The predicted molar refractivity (Wildman–Crippen MR) is 120 cm³/mol. The molecule has 0 aliphatic rings. The molecule has 0 unspecified atom stereocenters. The lowest BCUT2D eigenvalue weighted by Gasteiger charge is -2.09. The van der Waals surface area contributed by atoms with Crippen LogP contribution in [0.2, 0.25) is 0 Å². The number of benzene rings is 2. The summed E-state index contributed by atoms with van der Waals surface area (Å²) in [5.41, 5.74) is 3.13. The minimum atomic E-state index is -0.261. The fourth-order valence-electron chi connectivity index (χ4n) is 3.02. The number of nitrogens with zero attached hydrogens (tertiary/aromatic N) is 1. The van der Waals surface area contributed by atoms with E-state index < -0.39 is 0 Å². The van der Waals surface area contributed by atoms with Gasteiger partial charge in [0.2, 0.25) is 0 Å². The maximum absolute atomic E-state index is 12.6. The second-order valence-electron chi connectivity index (χ2n) is 6.66. The molecule has 2 heterocycles. The third-order valence-electron chi connectivity index (χ3n) is 4.60. The van der Waals surface area contributed by atoms with Crippen molar-refractivity contribution in [3.63, 3.8) is 0 Å². The van der Waals surface area contributed by atoms with E-state index in [1.807, 2.05) is 37.3 Å². The first kappa shape index (κ1) is 19.6. The second-order valence-corrected chi connectivity index (χ2v) is 7.75. The van der Waals surface area contributed by atoms with Crippen molar-refractivity contribution in [2.24, 2.45) is 0 Å². The highest BCUT2D eigenvalue weighted by molar-refractivity contribution is 7.16.